The molecule has 1 saturated heterocycles. The molecule has 0 spiro atoms. The summed E-state index contributed by atoms with van der Waals surface area (Å²) in [6, 6.07) is 8.22. The van der Waals surface area contributed by atoms with Crippen LogP contribution >= 0.6 is 23.1 Å². The molecular formula is C19H23N5OS2. The molecule has 6 nitrogen and oxygen atoms in total. The Bertz CT molecular complexity index is 972. The van der Waals surface area contributed by atoms with Crippen molar-refractivity contribution in [2.75, 3.05) is 37.3 Å². The molecule has 0 radical (unpaired) electrons. The third kappa shape index (κ3) is 3.43. The van der Waals surface area contributed by atoms with E-state index in [1.807, 2.05) is 29.5 Å². The molecule has 27 heavy (non-hydrogen) atoms. The number of hydrogen-bond donors (Lipinski definition) is 0. The van der Waals surface area contributed by atoms with Crippen molar-refractivity contribution >= 4 is 44.4 Å². The molecule has 3 aromatic rings. The zero-order chi connectivity index (χ0) is 19.0. The average Bonchev–Trinajstić information content (AvgIpc) is 3.30. The van der Waals surface area contributed by atoms with Gasteiger partial charge < -0.3 is 9.80 Å². The quantitative estimate of drug-likeness (QED) is 0.626. The number of carbonyl (C=O) groups excluding carboxylic acids is 1. The lowest BCUT2D eigenvalue weighted by molar-refractivity contribution is 0.0740. The van der Waals surface area contributed by atoms with Gasteiger partial charge in [-0.05, 0) is 38.3 Å². The van der Waals surface area contributed by atoms with Crippen molar-refractivity contribution in [2.24, 2.45) is 0 Å². The van der Waals surface area contributed by atoms with Crippen molar-refractivity contribution in [3.05, 3.63) is 35.7 Å². The number of benzene rings is 1. The molecule has 0 saturated carbocycles. The maximum atomic E-state index is 12.8. The van der Waals surface area contributed by atoms with E-state index in [9.17, 15) is 4.79 Å². The zero-order valence-electron chi connectivity index (χ0n) is 15.8. The smallest absolute Gasteiger partial charge is 0.274 e. The Labute approximate surface area is 167 Å². The van der Waals surface area contributed by atoms with Crippen molar-refractivity contribution < 1.29 is 4.79 Å². The van der Waals surface area contributed by atoms with Crippen LogP contribution in [0.15, 0.2) is 29.2 Å². The van der Waals surface area contributed by atoms with Crippen LogP contribution in [0.4, 0.5) is 5.13 Å². The van der Waals surface area contributed by atoms with E-state index in [1.165, 1.54) is 9.60 Å². The maximum absolute atomic E-state index is 12.8. The Morgan fingerprint density at radius 1 is 1.26 bits per heavy atom. The van der Waals surface area contributed by atoms with E-state index in [0.29, 0.717) is 18.8 Å². The molecule has 0 unspecified atom stereocenters. The van der Waals surface area contributed by atoms with E-state index >= 15 is 0 Å². The lowest BCUT2D eigenvalue weighted by Gasteiger charge is -2.34. The fourth-order valence-corrected chi connectivity index (χ4v) is 5.08. The van der Waals surface area contributed by atoms with Crippen LogP contribution in [0.1, 0.15) is 23.1 Å². The highest BCUT2D eigenvalue weighted by Crippen LogP contribution is 2.34. The molecule has 1 amide bonds. The molecule has 3 heterocycles. The van der Waals surface area contributed by atoms with Crippen LogP contribution in [-0.4, -0.2) is 58.0 Å². The van der Waals surface area contributed by atoms with E-state index in [-0.39, 0.29) is 5.91 Å². The number of amides is 1. The Morgan fingerprint density at radius 2 is 2.04 bits per heavy atom. The number of thioether (sulfide) groups is 1. The number of hydrogen-bond acceptors (Lipinski definition) is 6. The Kier molecular flexibility index (Phi) is 5.10. The van der Waals surface area contributed by atoms with Gasteiger partial charge in [-0.25, -0.2) is 4.98 Å². The largest absolute Gasteiger partial charge is 0.345 e. The van der Waals surface area contributed by atoms with Gasteiger partial charge in [-0.2, -0.15) is 5.10 Å². The summed E-state index contributed by atoms with van der Waals surface area (Å²) in [5.41, 5.74) is 2.66. The molecular weight excluding hydrogens is 378 g/mol. The van der Waals surface area contributed by atoms with E-state index in [4.69, 9.17) is 4.98 Å². The van der Waals surface area contributed by atoms with Gasteiger partial charge in [-0.3, -0.25) is 9.48 Å². The number of carbonyl (C=O) groups is 1. The SMILES string of the molecule is CCn1nc(C(=O)N2CCN(c3nc4c(SC)cccc4s3)CC2)cc1C. The molecule has 1 aliphatic rings. The average molecular weight is 402 g/mol. The van der Waals surface area contributed by atoms with Gasteiger partial charge in [0.05, 0.1) is 10.2 Å². The number of thiazole rings is 1. The fourth-order valence-electron chi connectivity index (χ4n) is 3.41. The van der Waals surface area contributed by atoms with Gasteiger partial charge in [0.1, 0.15) is 0 Å². The molecule has 142 valence electrons. The van der Waals surface area contributed by atoms with Gasteiger partial charge in [-0.15, -0.1) is 11.8 Å². The van der Waals surface area contributed by atoms with Gasteiger partial charge in [0, 0.05) is 43.3 Å². The van der Waals surface area contributed by atoms with E-state index in [0.717, 1.165) is 36.0 Å². The number of aryl methyl sites for hydroxylation is 2. The lowest BCUT2D eigenvalue weighted by atomic mass is 10.2. The monoisotopic (exact) mass is 401 g/mol. The molecule has 1 fully saturated rings. The molecule has 0 N–H and O–H groups in total. The number of anilines is 1. The molecule has 1 aromatic carbocycles. The number of piperazine rings is 1. The van der Waals surface area contributed by atoms with E-state index in [1.54, 1.807) is 23.1 Å². The highest BCUT2D eigenvalue weighted by Gasteiger charge is 2.25. The lowest BCUT2D eigenvalue weighted by Crippen LogP contribution is -2.48. The van der Waals surface area contributed by atoms with E-state index in [2.05, 4.69) is 34.5 Å². The van der Waals surface area contributed by atoms with Crippen molar-refractivity contribution in [2.45, 2.75) is 25.3 Å². The van der Waals surface area contributed by atoms with Gasteiger partial charge in [0.25, 0.3) is 5.91 Å². The first-order valence-corrected chi connectivity index (χ1v) is 11.2. The third-order valence-electron chi connectivity index (χ3n) is 4.93. The summed E-state index contributed by atoms with van der Waals surface area (Å²) in [6.45, 7) is 7.79. The van der Waals surface area contributed by atoms with Gasteiger partial charge >= 0.3 is 0 Å². The fraction of sp³-hybridized carbons (Fsp3) is 0.421. The molecule has 0 atom stereocenters. The summed E-state index contributed by atoms with van der Waals surface area (Å²) >= 11 is 3.46. The van der Waals surface area contributed by atoms with Crippen LogP contribution in [0.25, 0.3) is 10.2 Å². The third-order valence-corrected chi connectivity index (χ3v) is 6.78. The van der Waals surface area contributed by atoms with Crippen molar-refractivity contribution in [1.29, 1.82) is 0 Å². The van der Waals surface area contributed by atoms with Crippen LogP contribution in [0.5, 0.6) is 0 Å². The predicted molar refractivity (Wildman–Crippen MR) is 112 cm³/mol. The first-order chi connectivity index (χ1) is 13.1. The second-order valence-electron chi connectivity index (χ2n) is 6.57. The molecule has 4 rings (SSSR count). The summed E-state index contributed by atoms with van der Waals surface area (Å²) in [6.07, 6.45) is 2.08. The Morgan fingerprint density at radius 3 is 2.70 bits per heavy atom. The molecule has 8 heteroatoms. The Balaban J connectivity index is 1.46. The van der Waals surface area contributed by atoms with Crippen LogP contribution in [-0.2, 0) is 6.54 Å². The first kappa shape index (κ1) is 18.3. The second kappa shape index (κ2) is 7.52. The molecule has 0 bridgehead atoms. The highest BCUT2D eigenvalue weighted by molar-refractivity contribution is 7.98. The van der Waals surface area contributed by atoms with Crippen LogP contribution in [0, 0.1) is 6.92 Å². The summed E-state index contributed by atoms with van der Waals surface area (Å²) in [5, 5.41) is 5.47. The number of nitrogens with zero attached hydrogens (tertiary/aromatic N) is 5. The van der Waals surface area contributed by atoms with E-state index < -0.39 is 0 Å². The van der Waals surface area contributed by atoms with Gasteiger partial charge in [0.15, 0.2) is 10.8 Å². The minimum Gasteiger partial charge on any atom is -0.345 e. The highest BCUT2D eigenvalue weighted by atomic mass is 32.2. The second-order valence-corrected chi connectivity index (χ2v) is 8.43. The first-order valence-electron chi connectivity index (χ1n) is 9.13. The molecule has 1 aliphatic heterocycles. The summed E-state index contributed by atoms with van der Waals surface area (Å²) < 4.78 is 3.09. The van der Waals surface area contributed by atoms with Crippen molar-refractivity contribution in [3.8, 4) is 0 Å². The number of para-hydroxylation sites is 1. The van der Waals surface area contributed by atoms with Crippen molar-refractivity contribution in [1.82, 2.24) is 19.7 Å². The number of rotatable bonds is 4. The minimum atomic E-state index is 0.0268. The van der Waals surface area contributed by atoms with Crippen LogP contribution in [0.2, 0.25) is 0 Å². The topological polar surface area (TPSA) is 54.3 Å². The minimum absolute atomic E-state index is 0.0268. The Hall–Kier alpha value is -2.06. The summed E-state index contributed by atoms with van der Waals surface area (Å²) in [7, 11) is 0. The van der Waals surface area contributed by atoms with Crippen molar-refractivity contribution in [3.63, 3.8) is 0 Å². The number of fused-ring (bicyclic) bond motifs is 1. The molecule has 2 aromatic heterocycles. The summed E-state index contributed by atoms with van der Waals surface area (Å²) in [5.74, 6) is 0.0268. The number of aromatic nitrogens is 3. The van der Waals surface area contributed by atoms with Crippen LogP contribution in [0.3, 0.4) is 0 Å². The van der Waals surface area contributed by atoms with Gasteiger partial charge in [-0.1, -0.05) is 17.4 Å². The molecule has 0 aliphatic carbocycles. The summed E-state index contributed by atoms with van der Waals surface area (Å²) in [4.78, 5) is 23.0. The van der Waals surface area contributed by atoms with Gasteiger partial charge in [0.2, 0.25) is 0 Å². The van der Waals surface area contributed by atoms with Crippen LogP contribution < -0.4 is 4.90 Å². The maximum Gasteiger partial charge on any atom is 0.274 e. The normalized spacial score (nSPS) is 14.9. The zero-order valence-corrected chi connectivity index (χ0v) is 17.4. The standard InChI is InChI=1S/C19H23N5OS2/c1-4-24-13(2)12-14(21-24)18(25)22-8-10-23(11-9-22)19-20-17-15(26-3)6-5-7-16(17)27-19/h5-7,12H,4,8-11H2,1-3H3. The predicted octanol–water partition coefficient (Wildman–Crippen LogP) is 3.51.